The molecule has 3 rings (SSSR count). The minimum Gasteiger partial charge on any atom is -0.0654 e. The number of unbranched alkanes of at least 4 members (excludes halogenated alkanes) is 1. The first-order chi connectivity index (χ1) is 10.6. The zero-order valence-corrected chi connectivity index (χ0v) is 14.3. The fourth-order valence-electron chi connectivity index (χ4n) is 3.66. The number of rotatable bonds is 4. The predicted molar refractivity (Wildman–Crippen MR) is 97.3 cm³/mol. The molecule has 0 aromatic heterocycles. The summed E-state index contributed by atoms with van der Waals surface area (Å²) in [6, 6.07) is 11.5. The summed E-state index contributed by atoms with van der Waals surface area (Å²) < 4.78 is 0. The Morgan fingerprint density at radius 1 is 0.955 bits per heavy atom. The average Bonchev–Trinajstić information content (AvgIpc) is 2.86. The molecule has 0 amide bonds. The van der Waals surface area contributed by atoms with Gasteiger partial charge in [-0.25, -0.2) is 0 Å². The Hall–Kier alpha value is -1.82. The van der Waals surface area contributed by atoms with E-state index in [1.165, 1.54) is 58.2 Å². The van der Waals surface area contributed by atoms with Crippen LogP contribution < -0.4 is 0 Å². The number of aryl methyl sites for hydroxylation is 3. The van der Waals surface area contributed by atoms with Crippen LogP contribution in [0.4, 0.5) is 0 Å². The second kappa shape index (κ2) is 6.12. The van der Waals surface area contributed by atoms with Crippen molar-refractivity contribution in [3.63, 3.8) is 0 Å². The lowest BCUT2D eigenvalue weighted by Crippen LogP contribution is -1.93. The van der Waals surface area contributed by atoms with Gasteiger partial charge in [0.05, 0.1) is 0 Å². The van der Waals surface area contributed by atoms with E-state index in [-0.39, 0.29) is 0 Å². The maximum absolute atomic E-state index is 2.46. The first-order valence-corrected chi connectivity index (χ1v) is 8.49. The van der Waals surface area contributed by atoms with Crippen molar-refractivity contribution in [3.05, 3.63) is 63.7 Å². The van der Waals surface area contributed by atoms with Gasteiger partial charge in [0.2, 0.25) is 0 Å². The van der Waals surface area contributed by atoms with Crippen molar-refractivity contribution in [1.82, 2.24) is 0 Å². The van der Waals surface area contributed by atoms with Crippen LogP contribution in [0.5, 0.6) is 0 Å². The van der Waals surface area contributed by atoms with Crippen molar-refractivity contribution in [1.29, 1.82) is 0 Å². The van der Waals surface area contributed by atoms with Crippen LogP contribution in [0.3, 0.4) is 0 Å². The van der Waals surface area contributed by atoms with E-state index in [2.05, 4.69) is 64.1 Å². The van der Waals surface area contributed by atoms with E-state index in [1.807, 2.05) is 0 Å². The Kier molecular flexibility index (Phi) is 4.20. The highest BCUT2D eigenvalue weighted by molar-refractivity contribution is 5.83. The Morgan fingerprint density at radius 2 is 1.68 bits per heavy atom. The van der Waals surface area contributed by atoms with E-state index < -0.39 is 0 Å². The second-order valence-electron chi connectivity index (χ2n) is 6.79. The van der Waals surface area contributed by atoms with Crippen molar-refractivity contribution >= 4 is 6.08 Å². The molecule has 0 N–H and O–H groups in total. The maximum Gasteiger partial charge on any atom is -0.00576 e. The molecular weight excluding hydrogens is 264 g/mol. The molecule has 0 spiro atoms. The van der Waals surface area contributed by atoms with Crippen LogP contribution in [0.15, 0.2) is 35.9 Å². The van der Waals surface area contributed by atoms with Crippen molar-refractivity contribution in [2.24, 2.45) is 0 Å². The number of allylic oxidation sites excluding steroid dienone is 1. The number of hydrogen-bond acceptors (Lipinski definition) is 0. The molecule has 2 aromatic carbocycles. The third kappa shape index (κ3) is 2.88. The molecule has 1 aliphatic rings. The summed E-state index contributed by atoms with van der Waals surface area (Å²) in [4.78, 5) is 0. The molecule has 0 radical (unpaired) electrons. The van der Waals surface area contributed by atoms with E-state index in [4.69, 9.17) is 0 Å². The van der Waals surface area contributed by atoms with E-state index >= 15 is 0 Å². The van der Waals surface area contributed by atoms with Gasteiger partial charge in [0.1, 0.15) is 0 Å². The first kappa shape index (κ1) is 15.1. The predicted octanol–water partition coefficient (Wildman–Crippen LogP) is 6.41. The fourth-order valence-corrected chi connectivity index (χ4v) is 3.66. The molecule has 0 aliphatic heterocycles. The van der Waals surface area contributed by atoms with Gasteiger partial charge in [-0.05, 0) is 67.9 Å². The highest BCUT2D eigenvalue weighted by Crippen LogP contribution is 2.38. The van der Waals surface area contributed by atoms with Gasteiger partial charge in [-0.2, -0.15) is 0 Å². The summed E-state index contributed by atoms with van der Waals surface area (Å²) in [6.45, 7) is 8.90. The standard InChI is InChI=1S/C22H26/c1-5-6-7-18-13-19-9-8-17(4)22(21(19)14-18)20-11-15(2)10-16(3)12-20/h8-12,14H,5-7,13H2,1-4H3. The van der Waals surface area contributed by atoms with Crippen LogP contribution in [0.2, 0.25) is 0 Å². The Labute approximate surface area is 134 Å². The molecule has 0 bridgehead atoms. The Morgan fingerprint density at radius 3 is 2.36 bits per heavy atom. The molecule has 0 unspecified atom stereocenters. The van der Waals surface area contributed by atoms with Crippen LogP contribution >= 0.6 is 0 Å². The van der Waals surface area contributed by atoms with Gasteiger partial charge < -0.3 is 0 Å². The van der Waals surface area contributed by atoms with Crippen LogP contribution in [0.1, 0.15) is 54.0 Å². The largest absolute Gasteiger partial charge is 0.0654 e. The molecule has 0 heterocycles. The molecule has 0 heteroatoms. The SMILES string of the molecule is CCCCC1=Cc2c(ccc(C)c2-c2cc(C)cc(C)c2)C1. The maximum atomic E-state index is 2.46. The van der Waals surface area contributed by atoms with Gasteiger partial charge in [0.15, 0.2) is 0 Å². The molecule has 0 fully saturated rings. The summed E-state index contributed by atoms with van der Waals surface area (Å²) in [5.74, 6) is 0. The van der Waals surface area contributed by atoms with E-state index in [0.29, 0.717) is 0 Å². The summed E-state index contributed by atoms with van der Waals surface area (Å²) in [6.07, 6.45) is 7.43. The van der Waals surface area contributed by atoms with Crippen LogP contribution in [-0.4, -0.2) is 0 Å². The van der Waals surface area contributed by atoms with Crippen molar-refractivity contribution in [2.45, 2.75) is 53.4 Å². The number of hydrogen-bond donors (Lipinski definition) is 0. The molecule has 0 nitrogen and oxygen atoms in total. The lowest BCUT2D eigenvalue weighted by molar-refractivity contribution is 0.779. The highest BCUT2D eigenvalue weighted by atomic mass is 14.2. The smallest absolute Gasteiger partial charge is 0.00576 e. The van der Waals surface area contributed by atoms with Gasteiger partial charge >= 0.3 is 0 Å². The molecule has 22 heavy (non-hydrogen) atoms. The van der Waals surface area contributed by atoms with Crippen LogP contribution in [0, 0.1) is 20.8 Å². The van der Waals surface area contributed by atoms with Gasteiger partial charge in [-0.1, -0.05) is 66.5 Å². The summed E-state index contributed by atoms with van der Waals surface area (Å²) in [7, 11) is 0. The Balaban J connectivity index is 2.10. The van der Waals surface area contributed by atoms with Gasteiger partial charge in [0.25, 0.3) is 0 Å². The second-order valence-corrected chi connectivity index (χ2v) is 6.79. The minimum absolute atomic E-state index is 1.15. The molecule has 114 valence electrons. The summed E-state index contributed by atoms with van der Waals surface area (Å²) in [5.41, 5.74) is 11.5. The minimum atomic E-state index is 1.15. The molecule has 0 atom stereocenters. The number of benzene rings is 2. The molecule has 2 aromatic rings. The zero-order chi connectivity index (χ0) is 15.7. The molecule has 0 saturated heterocycles. The van der Waals surface area contributed by atoms with E-state index in [0.717, 1.165) is 6.42 Å². The third-order valence-electron chi connectivity index (χ3n) is 4.67. The monoisotopic (exact) mass is 290 g/mol. The number of fused-ring (bicyclic) bond motifs is 1. The summed E-state index contributed by atoms with van der Waals surface area (Å²) in [5, 5.41) is 0. The molecule has 0 saturated carbocycles. The van der Waals surface area contributed by atoms with E-state index in [1.54, 1.807) is 5.57 Å². The topological polar surface area (TPSA) is 0 Å². The third-order valence-corrected chi connectivity index (χ3v) is 4.67. The van der Waals surface area contributed by atoms with E-state index in [9.17, 15) is 0 Å². The van der Waals surface area contributed by atoms with Crippen molar-refractivity contribution < 1.29 is 0 Å². The van der Waals surface area contributed by atoms with Gasteiger partial charge in [-0.15, -0.1) is 0 Å². The van der Waals surface area contributed by atoms with Crippen LogP contribution in [0.25, 0.3) is 17.2 Å². The average molecular weight is 290 g/mol. The zero-order valence-electron chi connectivity index (χ0n) is 14.3. The summed E-state index contributed by atoms with van der Waals surface area (Å²) >= 11 is 0. The van der Waals surface area contributed by atoms with Gasteiger partial charge in [-0.3, -0.25) is 0 Å². The first-order valence-electron chi connectivity index (χ1n) is 8.49. The normalized spacial score (nSPS) is 13.2. The molecule has 1 aliphatic carbocycles. The van der Waals surface area contributed by atoms with Crippen LogP contribution in [-0.2, 0) is 6.42 Å². The van der Waals surface area contributed by atoms with Gasteiger partial charge in [0, 0.05) is 0 Å². The lowest BCUT2D eigenvalue weighted by atomic mass is 9.91. The molecular formula is C22H26. The quantitative estimate of drug-likeness (QED) is 0.610. The van der Waals surface area contributed by atoms with Crippen molar-refractivity contribution in [2.75, 3.05) is 0 Å². The van der Waals surface area contributed by atoms with Crippen molar-refractivity contribution in [3.8, 4) is 11.1 Å². The lowest BCUT2D eigenvalue weighted by Gasteiger charge is -2.13. The highest BCUT2D eigenvalue weighted by Gasteiger charge is 2.18. The Bertz CT molecular complexity index is 712. The fraction of sp³-hybridized carbons (Fsp3) is 0.364.